The number of rotatable bonds is 3. The third kappa shape index (κ3) is 2.32. The molecule has 0 aromatic heterocycles. The molecule has 10 heavy (non-hydrogen) atoms. The number of hydrogen-bond donors (Lipinski definition) is 2. The predicted molar refractivity (Wildman–Crippen MR) is 33.3 cm³/mol. The Bertz CT molecular complexity index is 216. The van der Waals surface area contributed by atoms with Gasteiger partial charge in [0, 0.05) is 0 Å². The van der Waals surface area contributed by atoms with Crippen LogP contribution in [0.15, 0.2) is 0 Å². The number of carbonyl (C=O) groups is 1. The van der Waals surface area contributed by atoms with E-state index >= 15 is 0 Å². The van der Waals surface area contributed by atoms with Gasteiger partial charge in [-0.3, -0.25) is 9.35 Å². The SMILES string of the molecule is CC[C@H](C(=O)O)S(=O)(=O)O. The molecule has 0 aromatic carbocycles. The molecule has 6 heteroatoms. The van der Waals surface area contributed by atoms with Crippen LogP contribution in [-0.2, 0) is 14.9 Å². The lowest BCUT2D eigenvalue weighted by atomic mass is 10.3. The zero-order valence-electron chi connectivity index (χ0n) is 5.31. The Balaban J connectivity index is 4.55. The van der Waals surface area contributed by atoms with Gasteiger partial charge < -0.3 is 5.11 Å². The Labute approximate surface area is 58.4 Å². The van der Waals surface area contributed by atoms with Crippen molar-refractivity contribution in [2.45, 2.75) is 18.6 Å². The van der Waals surface area contributed by atoms with Gasteiger partial charge in [0.1, 0.15) is 0 Å². The molecule has 2 N–H and O–H groups in total. The van der Waals surface area contributed by atoms with Crippen molar-refractivity contribution in [1.82, 2.24) is 0 Å². The Morgan fingerprint density at radius 1 is 1.60 bits per heavy atom. The van der Waals surface area contributed by atoms with Crippen molar-refractivity contribution in [2.24, 2.45) is 0 Å². The van der Waals surface area contributed by atoms with Crippen LogP contribution in [0.5, 0.6) is 0 Å². The van der Waals surface area contributed by atoms with Crippen LogP contribution in [0.2, 0.25) is 0 Å². The van der Waals surface area contributed by atoms with Crippen molar-refractivity contribution in [3.05, 3.63) is 0 Å². The van der Waals surface area contributed by atoms with Gasteiger partial charge in [0.15, 0.2) is 5.25 Å². The third-order valence-corrected chi connectivity index (χ3v) is 2.26. The van der Waals surface area contributed by atoms with Gasteiger partial charge in [0.25, 0.3) is 10.1 Å². The van der Waals surface area contributed by atoms with Gasteiger partial charge in [-0.05, 0) is 6.42 Å². The van der Waals surface area contributed by atoms with Crippen LogP contribution >= 0.6 is 0 Å². The zero-order valence-corrected chi connectivity index (χ0v) is 6.13. The molecule has 0 heterocycles. The lowest BCUT2D eigenvalue weighted by Gasteiger charge is -2.03. The summed E-state index contributed by atoms with van der Waals surface area (Å²) in [5.74, 6) is -1.52. The minimum absolute atomic E-state index is 0.131. The molecule has 60 valence electrons. The Morgan fingerprint density at radius 3 is 2.00 bits per heavy atom. The summed E-state index contributed by atoms with van der Waals surface area (Å²) in [6, 6.07) is 0. The average molecular weight is 168 g/mol. The smallest absolute Gasteiger partial charge is 0.324 e. The summed E-state index contributed by atoms with van der Waals surface area (Å²) >= 11 is 0. The Hall–Kier alpha value is -0.620. The van der Waals surface area contributed by atoms with E-state index in [1.54, 1.807) is 0 Å². The largest absolute Gasteiger partial charge is 0.480 e. The average Bonchev–Trinajstić information content (AvgIpc) is 1.60. The molecule has 0 amide bonds. The fourth-order valence-electron chi connectivity index (χ4n) is 0.513. The normalized spacial score (nSPS) is 14.6. The fourth-order valence-corrected chi connectivity index (χ4v) is 1.19. The molecule has 0 saturated heterocycles. The lowest BCUT2D eigenvalue weighted by molar-refractivity contribution is -0.136. The molecule has 0 bridgehead atoms. The first-order valence-electron chi connectivity index (χ1n) is 2.58. The van der Waals surface area contributed by atoms with Crippen LogP contribution in [0.3, 0.4) is 0 Å². The lowest BCUT2D eigenvalue weighted by Crippen LogP contribution is -2.28. The molecule has 0 rings (SSSR count). The maximum absolute atomic E-state index is 10.2. The van der Waals surface area contributed by atoms with Gasteiger partial charge in [-0.1, -0.05) is 6.92 Å². The molecule has 0 aromatic rings. The van der Waals surface area contributed by atoms with E-state index in [1.165, 1.54) is 6.92 Å². The van der Waals surface area contributed by atoms with E-state index in [0.29, 0.717) is 0 Å². The van der Waals surface area contributed by atoms with Crippen molar-refractivity contribution >= 4 is 16.1 Å². The first-order chi connectivity index (χ1) is 4.39. The number of hydrogen-bond acceptors (Lipinski definition) is 3. The molecule has 0 aliphatic heterocycles. The predicted octanol–water partition coefficient (Wildman–Crippen LogP) is -0.263. The highest BCUT2D eigenvalue weighted by Crippen LogP contribution is 2.02. The molecule has 0 unspecified atom stereocenters. The Morgan fingerprint density at radius 2 is 2.00 bits per heavy atom. The van der Waals surface area contributed by atoms with Gasteiger partial charge >= 0.3 is 5.97 Å². The first-order valence-corrected chi connectivity index (χ1v) is 4.09. The molecule has 0 radical (unpaired) electrons. The summed E-state index contributed by atoms with van der Waals surface area (Å²) in [5, 5.41) is 6.48. The quantitative estimate of drug-likeness (QED) is 0.566. The molecule has 0 aliphatic rings. The van der Waals surface area contributed by atoms with Crippen LogP contribution in [-0.4, -0.2) is 29.3 Å². The summed E-state index contributed by atoms with van der Waals surface area (Å²) in [6.07, 6.45) is -0.131. The molecular formula is C4H8O5S. The summed E-state index contributed by atoms with van der Waals surface area (Å²) < 4.78 is 28.6. The molecule has 1 atom stereocenters. The van der Waals surface area contributed by atoms with E-state index in [9.17, 15) is 13.2 Å². The van der Waals surface area contributed by atoms with Gasteiger partial charge in [0.2, 0.25) is 0 Å². The molecule has 0 aliphatic carbocycles. The zero-order chi connectivity index (χ0) is 8.36. The third-order valence-electron chi connectivity index (χ3n) is 1.01. The highest BCUT2D eigenvalue weighted by molar-refractivity contribution is 7.87. The second kappa shape index (κ2) is 2.98. The highest BCUT2D eigenvalue weighted by atomic mass is 32.2. The minimum atomic E-state index is -4.41. The Kier molecular flexibility index (Phi) is 2.79. The van der Waals surface area contributed by atoms with E-state index in [0.717, 1.165) is 0 Å². The van der Waals surface area contributed by atoms with Gasteiger partial charge in [-0.25, -0.2) is 0 Å². The second-order valence-electron chi connectivity index (χ2n) is 1.75. The van der Waals surface area contributed by atoms with Crippen molar-refractivity contribution in [3.8, 4) is 0 Å². The van der Waals surface area contributed by atoms with Crippen LogP contribution in [0.25, 0.3) is 0 Å². The van der Waals surface area contributed by atoms with Crippen LogP contribution in [0.4, 0.5) is 0 Å². The standard InChI is InChI=1S/C4H8O5S/c1-2-3(4(5)6)10(7,8)9/h3H,2H2,1H3,(H,5,6)(H,7,8,9)/t3-/m1/s1. The van der Waals surface area contributed by atoms with Crippen molar-refractivity contribution < 1.29 is 22.9 Å². The van der Waals surface area contributed by atoms with Crippen molar-refractivity contribution in [2.75, 3.05) is 0 Å². The first kappa shape index (κ1) is 9.38. The van der Waals surface area contributed by atoms with Crippen LogP contribution in [0.1, 0.15) is 13.3 Å². The molecular weight excluding hydrogens is 160 g/mol. The van der Waals surface area contributed by atoms with Crippen LogP contribution in [0, 0.1) is 0 Å². The summed E-state index contributed by atoms with van der Waals surface area (Å²) in [6.45, 7) is 1.37. The maximum atomic E-state index is 10.2. The van der Waals surface area contributed by atoms with Gasteiger partial charge in [0.05, 0.1) is 0 Å². The second-order valence-corrected chi connectivity index (χ2v) is 3.35. The van der Waals surface area contributed by atoms with Crippen LogP contribution < -0.4 is 0 Å². The fraction of sp³-hybridized carbons (Fsp3) is 0.750. The molecule has 0 fully saturated rings. The molecule has 0 saturated carbocycles. The highest BCUT2D eigenvalue weighted by Gasteiger charge is 2.28. The van der Waals surface area contributed by atoms with E-state index in [-0.39, 0.29) is 6.42 Å². The van der Waals surface area contributed by atoms with E-state index < -0.39 is 21.3 Å². The summed E-state index contributed by atoms with van der Waals surface area (Å²) in [4.78, 5) is 10.0. The number of carboxylic acid groups (broad SMARTS) is 1. The monoisotopic (exact) mass is 168 g/mol. The van der Waals surface area contributed by atoms with E-state index in [1.807, 2.05) is 0 Å². The minimum Gasteiger partial charge on any atom is -0.480 e. The van der Waals surface area contributed by atoms with Crippen molar-refractivity contribution in [3.63, 3.8) is 0 Å². The number of aliphatic carboxylic acids is 1. The molecule has 0 spiro atoms. The molecule has 5 nitrogen and oxygen atoms in total. The summed E-state index contributed by atoms with van der Waals surface area (Å²) in [7, 11) is -4.41. The van der Waals surface area contributed by atoms with Crippen molar-refractivity contribution in [1.29, 1.82) is 0 Å². The van der Waals surface area contributed by atoms with Gasteiger partial charge in [-0.2, -0.15) is 8.42 Å². The summed E-state index contributed by atoms with van der Waals surface area (Å²) in [5.41, 5.74) is 0. The maximum Gasteiger partial charge on any atom is 0.324 e. The van der Waals surface area contributed by atoms with Gasteiger partial charge in [-0.15, -0.1) is 0 Å². The van der Waals surface area contributed by atoms with E-state index in [2.05, 4.69) is 0 Å². The number of carboxylic acids is 1. The topological polar surface area (TPSA) is 91.7 Å². The van der Waals surface area contributed by atoms with E-state index in [4.69, 9.17) is 9.66 Å².